The summed E-state index contributed by atoms with van der Waals surface area (Å²) in [6.45, 7) is 2.72. The van der Waals surface area contributed by atoms with Gasteiger partial charge in [-0.3, -0.25) is 4.79 Å². The lowest BCUT2D eigenvalue weighted by Gasteiger charge is -2.31. The summed E-state index contributed by atoms with van der Waals surface area (Å²) in [7, 11) is 0. The van der Waals surface area contributed by atoms with Crippen LogP contribution >= 0.6 is 11.6 Å². The fourth-order valence-electron chi connectivity index (χ4n) is 2.62. The molecular formula is C18H16ClN3O2. The summed E-state index contributed by atoms with van der Waals surface area (Å²) >= 11 is 6.36. The van der Waals surface area contributed by atoms with E-state index in [2.05, 4.69) is 10.2 Å². The Hall–Kier alpha value is -2.55. The summed E-state index contributed by atoms with van der Waals surface area (Å²) in [5.41, 5.74) is 2.48. The van der Waals surface area contributed by atoms with Gasteiger partial charge in [-0.1, -0.05) is 17.7 Å². The van der Waals surface area contributed by atoms with E-state index >= 15 is 0 Å². The van der Waals surface area contributed by atoms with Crippen molar-refractivity contribution in [1.82, 2.24) is 0 Å². The van der Waals surface area contributed by atoms with Gasteiger partial charge in [0.05, 0.1) is 41.2 Å². The first-order valence-corrected chi connectivity index (χ1v) is 7.99. The fraction of sp³-hybridized carbons (Fsp3) is 0.222. The van der Waals surface area contributed by atoms with Crippen LogP contribution in [0.25, 0.3) is 0 Å². The molecule has 24 heavy (non-hydrogen) atoms. The van der Waals surface area contributed by atoms with Crippen molar-refractivity contribution in [2.75, 3.05) is 36.5 Å². The summed E-state index contributed by atoms with van der Waals surface area (Å²) in [5.74, 6) is -0.240. The molecule has 1 amide bonds. The van der Waals surface area contributed by atoms with Crippen molar-refractivity contribution >= 4 is 28.9 Å². The number of carbonyl (C=O) groups excluding carboxylic acids is 1. The predicted molar refractivity (Wildman–Crippen MR) is 93.6 cm³/mol. The SMILES string of the molecule is N#Cc1ccc(C(=O)Nc2cccc(Cl)c2N2CCOCC2)cc1. The van der Waals surface area contributed by atoms with Gasteiger partial charge in [0, 0.05) is 18.7 Å². The first-order chi connectivity index (χ1) is 11.7. The van der Waals surface area contributed by atoms with Crippen LogP contribution in [0, 0.1) is 11.3 Å². The number of rotatable bonds is 3. The van der Waals surface area contributed by atoms with Crippen molar-refractivity contribution < 1.29 is 9.53 Å². The Kier molecular flexibility index (Phi) is 4.99. The number of ether oxygens (including phenoxy) is 1. The summed E-state index contributed by atoms with van der Waals surface area (Å²) < 4.78 is 5.37. The number of nitrogens with zero attached hydrogens (tertiary/aromatic N) is 2. The van der Waals surface area contributed by atoms with E-state index < -0.39 is 0 Å². The molecule has 6 heteroatoms. The molecule has 2 aromatic carbocycles. The first kappa shape index (κ1) is 16.3. The molecule has 0 unspecified atom stereocenters. The number of halogens is 1. The quantitative estimate of drug-likeness (QED) is 0.930. The van der Waals surface area contributed by atoms with Gasteiger partial charge >= 0.3 is 0 Å². The van der Waals surface area contributed by atoms with Crippen LogP contribution in [0.15, 0.2) is 42.5 Å². The second-order valence-corrected chi connectivity index (χ2v) is 5.79. The van der Waals surface area contributed by atoms with Crippen molar-refractivity contribution in [3.63, 3.8) is 0 Å². The van der Waals surface area contributed by atoms with Crippen LogP contribution in [-0.2, 0) is 4.74 Å². The summed E-state index contributed by atoms with van der Waals surface area (Å²) in [5, 5.41) is 12.3. The first-order valence-electron chi connectivity index (χ1n) is 7.62. The van der Waals surface area contributed by atoms with Crippen LogP contribution in [0.5, 0.6) is 0 Å². The Bertz CT molecular complexity index is 778. The number of para-hydroxylation sites is 1. The average molecular weight is 342 g/mol. The molecule has 5 nitrogen and oxygen atoms in total. The Morgan fingerprint density at radius 3 is 2.54 bits per heavy atom. The van der Waals surface area contributed by atoms with Crippen LogP contribution in [0.1, 0.15) is 15.9 Å². The molecule has 3 rings (SSSR count). The molecule has 0 saturated carbocycles. The van der Waals surface area contributed by atoms with Crippen molar-refractivity contribution in [3.8, 4) is 6.07 Å². The van der Waals surface area contributed by atoms with Gasteiger partial charge in [-0.05, 0) is 36.4 Å². The van der Waals surface area contributed by atoms with Crippen molar-refractivity contribution in [1.29, 1.82) is 5.26 Å². The number of morpholine rings is 1. The fourth-order valence-corrected chi connectivity index (χ4v) is 2.91. The van der Waals surface area contributed by atoms with Gasteiger partial charge in [0.2, 0.25) is 0 Å². The zero-order chi connectivity index (χ0) is 16.9. The minimum atomic E-state index is -0.240. The molecule has 0 aliphatic carbocycles. The van der Waals surface area contributed by atoms with E-state index in [9.17, 15) is 4.79 Å². The molecule has 1 N–H and O–H groups in total. The third-order valence-electron chi connectivity index (χ3n) is 3.84. The minimum Gasteiger partial charge on any atom is -0.378 e. The topological polar surface area (TPSA) is 65.4 Å². The molecule has 2 aromatic rings. The van der Waals surface area contributed by atoms with Gasteiger partial charge < -0.3 is 15.0 Å². The molecule has 0 atom stereocenters. The van der Waals surface area contributed by atoms with E-state index in [4.69, 9.17) is 21.6 Å². The lowest BCUT2D eigenvalue weighted by Crippen LogP contribution is -2.37. The molecule has 1 heterocycles. The average Bonchev–Trinajstić information content (AvgIpc) is 2.62. The molecule has 1 aliphatic heterocycles. The lowest BCUT2D eigenvalue weighted by molar-refractivity contribution is 0.102. The molecule has 1 fully saturated rings. The van der Waals surface area contributed by atoms with E-state index in [1.165, 1.54) is 0 Å². The number of hydrogen-bond acceptors (Lipinski definition) is 4. The molecule has 0 aromatic heterocycles. The van der Waals surface area contributed by atoms with Gasteiger partial charge in [-0.2, -0.15) is 5.26 Å². The molecular weight excluding hydrogens is 326 g/mol. The molecule has 1 saturated heterocycles. The predicted octanol–water partition coefficient (Wildman–Crippen LogP) is 3.30. The Labute approximate surface area is 145 Å². The highest BCUT2D eigenvalue weighted by atomic mass is 35.5. The number of benzene rings is 2. The number of hydrogen-bond donors (Lipinski definition) is 1. The van der Waals surface area contributed by atoms with Crippen LogP contribution in [0.2, 0.25) is 5.02 Å². The molecule has 0 bridgehead atoms. The summed E-state index contributed by atoms with van der Waals surface area (Å²) in [6, 6.07) is 14.0. The number of carbonyl (C=O) groups is 1. The van der Waals surface area contributed by atoms with Crippen LogP contribution < -0.4 is 10.2 Å². The van der Waals surface area contributed by atoms with E-state index in [0.29, 0.717) is 35.1 Å². The van der Waals surface area contributed by atoms with Crippen molar-refractivity contribution in [3.05, 3.63) is 58.6 Å². The number of nitrogens with one attached hydrogen (secondary N) is 1. The van der Waals surface area contributed by atoms with Crippen molar-refractivity contribution in [2.24, 2.45) is 0 Å². The number of amides is 1. The Balaban J connectivity index is 1.85. The van der Waals surface area contributed by atoms with Crippen LogP contribution in [-0.4, -0.2) is 32.2 Å². The number of nitriles is 1. The van der Waals surface area contributed by atoms with Gasteiger partial charge in [0.1, 0.15) is 0 Å². The molecule has 0 radical (unpaired) electrons. The zero-order valence-corrected chi connectivity index (χ0v) is 13.7. The second-order valence-electron chi connectivity index (χ2n) is 5.38. The van der Waals surface area contributed by atoms with Gasteiger partial charge in [-0.25, -0.2) is 0 Å². The minimum absolute atomic E-state index is 0.240. The number of anilines is 2. The highest BCUT2D eigenvalue weighted by molar-refractivity contribution is 6.34. The monoisotopic (exact) mass is 341 g/mol. The third kappa shape index (κ3) is 3.51. The van der Waals surface area contributed by atoms with E-state index in [0.717, 1.165) is 18.8 Å². The molecule has 0 spiro atoms. The van der Waals surface area contributed by atoms with Crippen LogP contribution in [0.4, 0.5) is 11.4 Å². The smallest absolute Gasteiger partial charge is 0.255 e. The maximum atomic E-state index is 12.5. The standard InChI is InChI=1S/C18H16ClN3O2/c19-15-2-1-3-16(17(15)22-8-10-24-11-9-22)21-18(23)14-6-4-13(12-20)5-7-14/h1-7H,8-11H2,(H,21,23). The van der Waals surface area contributed by atoms with Gasteiger partial charge in [-0.15, -0.1) is 0 Å². The van der Waals surface area contributed by atoms with E-state index in [1.807, 2.05) is 18.2 Å². The van der Waals surface area contributed by atoms with Crippen LogP contribution in [0.3, 0.4) is 0 Å². The normalized spacial score (nSPS) is 14.1. The maximum Gasteiger partial charge on any atom is 0.255 e. The van der Waals surface area contributed by atoms with Gasteiger partial charge in [0.25, 0.3) is 5.91 Å². The van der Waals surface area contributed by atoms with Gasteiger partial charge in [0.15, 0.2) is 0 Å². The zero-order valence-electron chi connectivity index (χ0n) is 13.0. The van der Waals surface area contributed by atoms with E-state index in [1.54, 1.807) is 30.3 Å². The van der Waals surface area contributed by atoms with E-state index in [-0.39, 0.29) is 5.91 Å². The van der Waals surface area contributed by atoms with Crippen molar-refractivity contribution in [2.45, 2.75) is 0 Å². The highest BCUT2D eigenvalue weighted by Crippen LogP contribution is 2.34. The highest BCUT2D eigenvalue weighted by Gasteiger charge is 2.19. The summed E-state index contributed by atoms with van der Waals surface area (Å²) in [4.78, 5) is 14.6. The molecule has 1 aliphatic rings. The lowest BCUT2D eigenvalue weighted by atomic mass is 10.1. The molecule has 122 valence electrons. The largest absolute Gasteiger partial charge is 0.378 e. The Morgan fingerprint density at radius 1 is 1.17 bits per heavy atom. The third-order valence-corrected chi connectivity index (χ3v) is 4.14. The summed E-state index contributed by atoms with van der Waals surface area (Å²) in [6.07, 6.45) is 0. The Morgan fingerprint density at radius 2 is 1.88 bits per heavy atom. The second kappa shape index (κ2) is 7.35. The maximum absolute atomic E-state index is 12.5.